The number of nitrogens with one attached hydrogen (secondary N) is 1. The fourth-order valence-electron chi connectivity index (χ4n) is 1.30. The number of halogens is 1. The molecule has 0 saturated carbocycles. The Labute approximate surface area is 106 Å². The summed E-state index contributed by atoms with van der Waals surface area (Å²) in [7, 11) is 0. The van der Waals surface area contributed by atoms with E-state index < -0.39 is 5.54 Å². The average Bonchev–Trinajstić information content (AvgIpc) is 2.28. The predicted molar refractivity (Wildman–Crippen MR) is 69.1 cm³/mol. The van der Waals surface area contributed by atoms with Gasteiger partial charge >= 0.3 is 0 Å². The van der Waals surface area contributed by atoms with Crippen LogP contribution in [0.2, 0.25) is 5.02 Å². The Morgan fingerprint density at radius 1 is 1.59 bits per heavy atom. The number of aliphatic hydroxyl groups excluding tert-OH is 1. The molecule has 1 rings (SSSR count). The van der Waals surface area contributed by atoms with Crippen molar-refractivity contribution in [1.29, 1.82) is 0 Å². The van der Waals surface area contributed by atoms with Gasteiger partial charge in [0.15, 0.2) is 0 Å². The van der Waals surface area contributed by atoms with E-state index in [0.29, 0.717) is 22.7 Å². The molecule has 1 aromatic carbocycles. The SMILES string of the molecule is CCC(C)(CO)NC(=O)c1ccc(N)cc1Cl. The summed E-state index contributed by atoms with van der Waals surface area (Å²) in [5, 5.41) is 12.3. The number of nitrogens with two attached hydrogens (primary N) is 1. The van der Waals surface area contributed by atoms with Gasteiger partial charge in [-0.1, -0.05) is 18.5 Å². The molecule has 0 fully saturated rings. The lowest BCUT2D eigenvalue weighted by atomic mass is 9.99. The molecule has 0 aliphatic carbocycles. The Hall–Kier alpha value is -1.26. The van der Waals surface area contributed by atoms with Gasteiger partial charge in [0.25, 0.3) is 5.91 Å². The van der Waals surface area contributed by atoms with Crippen LogP contribution in [-0.2, 0) is 0 Å². The average molecular weight is 257 g/mol. The number of nitrogen functional groups attached to an aromatic ring is 1. The van der Waals surface area contributed by atoms with Gasteiger partial charge in [0.05, 0.1) is 22.7 Å². The minimum Gasteiger partial charge on any atom is -0.399 e. The molecule has 1 atom stereocenters. The first-order valence-corrected chi connectivity index (χ1v) is 5.78. The van der Waals surface area contributed by atoms with E-state index >= 15 is 0 Å². The van der Waals surface area contributed by atoms with E-state index in [1.165, 1.54) is 6.07 Å². The van der Waals surface area contributed by atoms with E-state index in [9.17, 15) is 9.90 Å². The maximum absolute atomic E-state index is 12.0. The summed E-state index contributed by atoms with van der Waals surface area (Å²) in [6.07, 6.45) is 0.627. The summed E-state index contributed by atoms with van der Waals surface area (Å²) in [5.41, 5.74) is 5.78. The Balaban J connectivity index is 2.90. The second-order valence-corrected chi connectivity index (χ2v) is 4.67. The lowest BCUT2D eigenvalue weighted by molar-refractivity contribution is 0.0847. The van der Waals surface area contributed by atoms with Gasteiger partial charge in [-0.3, -0.25) is 4.79 Å². The van der Waals surface area contributed by atoms with Crippen molar-refractivity contribution in [2.75, 3.05) is 12.3 Å². The third-order valence-electron chi connectivity index (χ3n) is 2.78. The molecule has 1 unspecified atom stereocenters. The quantitative estimate of drug-likeness (QED) is 0.720. The Morgan fingerprint density at radius 3 is 2.71 bits per heavy atom. The summed E-state index contributed by atoms with van der Waals surface area (Å²) in [5.74, 6) is -0.312. The highest BCUT2D eigenvalue weighted by atomic mass is 35.5. The second-order valence-electron chi connectivity index (χ2n) is 4.27. The first-order valence-electron chi connectivity index (χ1n) is 5.40. The van der Waals surface area contributed by atoms with Gasteiger partial charge in [-0.25, -0.2) is 0 Å². The molecule has 4 N–H and O–H groups in total. The highest BCUT2D eigenvalue weighted by Gasteiger charge is 2.24. The van der Waals surface area contributed by atoms with Crippen LogP contribution in [0.15, 0.2) is 18.2 Å². The summed E-state index contributed by atoms with van der Waals surface area (Å²) in [6.45, 7) is 3.54. The molecular formula is C12H17ClN2O2. The number of hydrogen-bond donors (Lipinski definition) is 3. The molecule has 17 heavy (non-hydrogen) atoms. The normalized spacial score (nSPS) is 14.1. The van der Waals surface area contributed by atoms with Gasteiger partial charge in [-0.05, 0) is 31.5 Å². The molecular weight excluding hydrogens is 240 g/mol. The summed E-state index contributed by atoms with van der Waals surface area (Å²) < 4.78 is 0. The minimum absolute atomic E-state index is 0.123. The Bertz CT molecular complexity index is 417. The molecule has 0 aromatic heterocycles. The van der Waals surface area contributed by atoms with Crippen LogP contribution in [-0.4, -0.2) is 23.2 Å². The van der Waals surface area contributed by atoms with Gasteiger partial charge in [0.1, 0.15) is 0 Å². The molecule has 0 saturated heterocycles. The van der Waals surface area contributed by atoms with Gasteiger partial charge < -0.3 is 16.2 Å². The van der Waals surface area contributed by atoms with Crippen LogP contribution in [0.5, 0.6) is 0 Å². The second kappa shape index (κ2) is 5.38. The molecule has 0 radical (unpaired) electrons. The van der Waals surface area contributed by atoms with Crippen LogP contribution in [0.3, 0.4) is 0 Å². The molecule has 0 spiro atoms. The van der Waals surface area contributed by atoms with E-state index in [1.54, 1.807) is 19.1 Å². The lowest BCUT2D eigenvalue weighted by Crippen LogP contribution is -2.48. The number of rotatable bonds is 4. The summed E-state index contributed by atoms with van der Waals surface area (Å²) in [6, 6.07) is 4.71. The van der Waals surface area contributed by atoms with Gasteiger partial charge in [0.2, 0.25) is 0 Å². The molecule has 0 aliphatic rings. The number of aliphatic hydroxyl groups is 1. The van der Waals surface area contributed by atoms with E-state index in [1.807, 2.05) is 6.92 Å². The van der Waals surface area contributed by atoms with E-state index in [4.69, 9.17) is 17.3 Å². The monoisotopic (exact) mass is 256 g/mol. The molecule has 0 bridgehead atoms. The topological polar surface area (TPSA) is 75.3 Å². The van der Waals surface area contributed by atoms with E-state index in [2.05, 4.69) is 5.32 Å². The van der Waals surface area contributed by atoms with Crippen molar-refractivity contribution in [2.24, 2.45) is 0 Å². The largest absolute Gasteiger partial charge is 0.399 e. The van der Waals surface area contributed by atoms with Crippen molar-refractivity contribution < 1.29 is 9.90 Å². The smallest absolute Gasteiger partial charge is 0.253 e. The Kier molecular flexibility index (Phi) is 4.37. The predicted octanol–water partition coefficient (Wildman–Crippen LogP) is 1.81. The highest BCUT2D eigenvalue weighted by Crippen LogP contribution is 2.20. The van der Waals surface area contributed by atoms with Gasteiger partial charge in [-0.15, -0.1) is 0 Å². The maximum Gasteiger partial charge on any atom is 0.253 e. The van der Waals surface area contributed by atoms with Crippen LogP contribution >= 0.6 is 11.6 Å². The van der Waals surface area contributed by atoms with Crippen molar-refractivity contribution in [2.45, 2.75) is 25.8 Å². The molecule has 94 valence electrons. The zero-order chi connectivity index (χ0) is 13.1. The molecule has 0 aliphatic heterocycles. The number of amides is 1. The van der Waals surface area contributed by atoms with Crippen molar-refractivity contribution in [3.63, 3.8) is 0 Å². The van der Waals surface area contributed by atoms with Crippen LogP contribution in [0, 0.1) is 0 Å². The zero-order valence-electron chi connectivity index (χ0n) is 9.96. The lowest BCUT2D eigenvalue weighted by Gasteiger charge is -2.27. The minimum atomic E-state index is -0.637. The number of carbonyl (C=O) groups is 1. The first kappa shape index (κ1) is 13.8. The molecule has 5 heteroatoms. The van der Waals surface area contributed by atoms with Gasteiger partial charge in [-0.2, -0.15) is 0 Å². The number of anilines is 1. The summed E-state index contributed by atoms with van der Waals surface area (Å²) >= 11 is 5.94. The van der Waals surface area contributed by atoms with Crippen molar-refractivity contribution in [1.82, 2.24) is 5.32 Å². The molecule has 1 aromatic rings. The van der Waals surface area contributed by atoms with Crippen LogP contribution in [0.1, 0.15) is 30.6 Å². The fraction of sp³-hybridized carbons (Fsp3) is 0.417. The summed E-state index contributed by atoms with van der Waals surface area (Å²) in [4.78, 5) is 12.0. The fourth-order valence-corrected chi connectivity index (χ4v) is 1.57. The van der Waals surface area contributed by atoms with E-state index in [0.717, 1.165) is 0 Å². The van der Waals surface area contributed by atoms with Crippen molar-refractivity contribution in [3.8, 4) is 0 Å². The number of carbonyl (C=O) groups excluding carboxylic acids is 1. The third kappa shape index (κ3) is 3.35. The highest BCUT2D eigenvalue weighted by molar-refractivity contribution is 6.34. The standard InChI is InChI=1S/C12H17ClN2O2/c1-3-12(2,7-16)15-11(17)9-5-4-8(14)6-10(9)13/h4-6,16H,3,7,14H2,1-2H3,(H,15,17). The third-order valence-corrected chi connectivity index (χ3v) is 3.10. The van der Waals surface area contributed by atoms with Crippen LogP contribution in [0.25, 0.3) is 0 Å². The van der Waals surface area contributed by atoms with Gasteiger partial charge in [0, 0.05) is 5.69 Å². The molecule has 0 heterocycles. The van der Waals surface area contributed by atoms with Crippen molar-refractivity contribution in [3.05, 3.63) is 28.8 Å². The number of hydrogen-bond acceptors (Lipinski definition) is 3. The molecule has 1 amide bonds. The van der Waals surface area contributed by atoms with Crippen LogP contribution < -0.4 is 11.1 Å². The van der Waals surface area contributed by atoms with E-state index in [-0.39, 0.29) is 12.5 Å². The van der Waals surface area contributed by atoms with Crippen LogP contribution in [0.4, 0.5) is 5.69 Å². The molecule has 4 nitrogen and oxygen atoms in total. The number of benzene rings is 1. The first-order chi connectivity index (χ1) is 7.91. The van der Waals surface area contributed by atoms with Crippen molar-refractivity contribution >= 4 is 23.2 Å². The Morgan fingerprint density at radius 2 is 2.24 bits per heavy atom. The maximum atomic E-state index is 12.0. The zero-order valence-corrected chi connectivity index (χ0v) is 10.7.